The lowest BCUT2D eigenvalue weighted by molar-refractivity contribution is 0.0996. The molecule has 1 aliphatic heterocycles. The first-order valence-corrected chi connectivity index (χ1v) is 9.96. The van der Waals surface area contributed by atoms with Crippen molar-refractivity contribution in [1.29, 1.82) is 0 Å². The molecule has 0 spiro atoms. The Labute approximate surface area is 185 Å². The zero-order valence-electron chi connectivity index (χ0n) is 16.9. The predicted octanol–water partition coefficient (Wildman–Crippen LogP) is 6.44. The molecule has 9 heteroatoms. The van der Waals surface area contributed by atoms with E-state index in [4.69, 9.17) is 4.42 Å². The summed E-state index contributed by atoms with van der Waals surface area (Å²) in [5.74, 6) is -1.17. The second kappa shape index (κ2) is 8.16. The highest BCUT2D eigenvalue weighted by molar-refractivity contribution is 6.12. The third kappa shape index (κ3) is 3.75. The lowest BCUT2D eigenvalue weighted by atomic mass is 10.0. The number of para-hydroxylation sites is 1. The van der Waals surface area contributed by atoms with Gasteiger partial charge in [0.2, 0.25) is 5.89 Å². The van der Waals surface area contributed by atoms with E-state index in [-0.39, 0.29) is 17.4 Å². The second-order valence-corrected chi connectivity index (χ2v) is 7.45. The van der Waals surface area contributed by atoms with Crippen LogP contribution < -0.4 is 4.90 Å². The number of benzene rings is 3. The second-order valence-electron chi connectivity index (χ2n) is 7.45. The lowest BCUT2D eigenvalue weighted by Gasteiger charge is -2.20. The van der Waals surface area contributed by atoms with Gasteiger partial charge in [-0.15, -0.1) is 10.2 Å². The van der Waals surface area contributed by atoms with E-state index >= 15 is 0 Å². The van der Waals surface area contributed by atoms with Gasteiger partial charge in [-0.1, -0.05) is 48.5 Å². The Morgan fingerprint density at radius 3 is 2.24 bits per heavy atom. The number of carbonyl (C=O) groups excluding carboxylic acids is 1. The third-order valence-electron chi connectivity index (χ3n) is 5.46. The van der Waals surface area contributed by atoms with Gasteiger partial charge >= 0.3 is 6.43 Å². The minimum Gasteiger partial charge on any atom is -0.415 e. The van der Waals surface area contributed by atoms with Crippen molar-refractivity contribution in [1.82, 2.24) is 10.2 Å². The summed E-state index contributed by atoms with van der Waals surface area (Å²) >= 11 is 0. The van der Waals surface area contributed by atoms with Crippen molar-refractivity contribution in [3.63, 3.8) is 0 Å². The Bertz CT molecular complexity index is 1340. The number of halogens is 4. The summed E-state index contributed by atoms with van der Waals surface area (Å²) in [4.78, 5) is 14.8. The van der Waals surface area contributed by atoms with Crippen LogP contribution in [0, 0.1) is 0 Å². The molecule has 166 valence electrons. The highest BCUT2D eigenvalue weighted by Crippen LogP contribution is 2.37. The predicted molar refractivity (Wildman–Crippen MR) is 112 cm³/mol. The average Bonchev–Trinajstić information content (AvgIpc) is 3.44. The van der Waals surface area contributed by atoms with Gasteiger partial charge in [0.15, 0.2) is 0 Å². The van der Waals surface area contributed by atoms with Crippen LogP contribution in [0.3, 0.4) is 0 Å². The SMILES string of the molecule is O=C1c2cc(-c3nnc(C(F)F)o3)ccc2CN1c1ccccc1-c1ccc(C(F)F)cc1. The molecule has 0 radical (unpaired) electrons. The van der Waals surface area contributed by atoms with Crippen molar-refractivity contribution < 1.29 is 26.8 Å². The van der Waals surface area contributed by atoms with E-state index in [0.717, 1.165) is 11.1 Å². The molecule has 0 N–H and O–H groups in total. The number of rotatable bonds is 5. The summed E-state index contributed by atoms with van der Waals surface area (Å²) in [6, 6.07) is 18.0. The maximum absolute atomic E-state index is 13.3. The van der Waals surface area contributed by atoms with Gasteiger partial charge in [0, 0.05) is 22.3 Å². The fraction of sp³-hybridized carbons (Fsp3) is 0.125. The molecule has 5 rings (SSSR count). The van der Waals surface area contributed by atoms with Crippen LogP contribution in [0.15, 0.2) is 71.1 Å². The normalized spacial score (nSPS) is 13.3. The zero-order chi connectivity index (χ0) is 23.1. The summed E-state index contributed by atoms with van der Waals surface area (Å²) < 4.78 is 56.4. The van der Waals surface area contributed by atoms with E-state index in [1.807, 2.05) is 12.1 Å². The number of amides is 1. The Kier molecular flexibility index (Phi) is 5.16. The van der Waals surface area contributed by atoms with Crippen molar-refractivity contribution >= 4 is 11.6 Å². The fourth-order valence-electron chi connectivity index (χ4n) is 3.83. The topological polar surface area (TPSA) is 59.2 Å². The van der Waals surface area contributed by atoms with Crippen molar-refractivity contribution in [2.24, 2.45) is 0 Å². The first-order chi connectivity index (χ1) is 15.9. The van der Waals surface area contributed by atoms with E-state index < -0.39 is 18.7 Å². The molecule has 0 bridgehead atoms. The number of alkyl halides is 4. The number of nitrogens with zero attached hydrogens (tertiary/aromatic N) is 3. The molecule has 0 aliphatic carbocycles. The monoisotopic (exact) mass is 453 g/mol. The van der Waals surface area contributed by atoms with Crippen LogP contribution >= 0.6 is 0 Å². The van der Waals surface area contributed by atoms with Gasteiger partial charge in [-0.2, -0.15) is 8.78 Å². The third-order valence-corrected chi connectivity index (χ3v) is 5.46. The lowest BCUT2D eigenvalue weighted by Crippen LogP contribution is -2.23. The molecule has 0 saturated heterocycles. The van der Waals surface area contributed by atoms with Crippen LogP contribution in [0.5, 0.6) is 0 Å². The quantitative estimate of drug-likeness (QED) is 0.326. The standard InChI is InChI=1S/C24H15F4N3O2/c25-20(26)14-7-5-13(6-8-14)17-3-1-2-4-19(17)31-12-16-10-9-15(11-18(16)24(31)32)22-29-30-23(33-22)21(27)28/h1-11,20-21H,12H2. The van der Waals surface area contributed by atoms with Crippen LogP contribution in [0.1, 0.15) is 40.2 Å². The average molecular weight is 453 g/mol. The number of carbonyl (C=O) groups is 1. The van der Waals surface area contributed by atoms with Gasteiger partial charge in [-0.3, -0.25) is 4.79 Å². The van der Waals surface area contributed by atoms with Crippen molar-refractivity contribution in [2.75, 3.05) is 4.90 Å². The fourth-order valence-corrected chi connectivity index (χ4v) is 3.83. The first-order valence-electron chi connectivity index (χ1n) is 9.96. The zero-order valence-corrected chi connectivity index (χ0v) is 16.9. The molecule has 0 fully saturated rings. The highest BCUT2D eigenvalue weighted by atomic mass is 19.3. The summed E-state index contributed by atoms with van der Waals surface area (Å²) in [6.45, 7) is 0.298. The molecule has 1 aliphatic rings. The van der Waals surface area contributed by atoms with Crippen molar-refractivity contribution in [2.45, 2.75) is 19.4 Å². The summed E-state index contributed by atoms with van der Waals surface area (Å²) in [6.07, 6.45) is -5.45. The van der Waals surface area contributed by atoms with E-state index in [2.05, 4.69) is 10.2 Å². The van der Waals surface area contributed by atoms with Crippen LogP contribution in [-0.2, 0) is 6.54 Å². The summed E-state index contributed by atoms with van der Waals surface area (Å²) in [5.41, 5.74) is 3.47. The molecule has 0 saturated carbocycles. The van der Waals surface area contributed by atoms with Crippen LogP contribution in [0.2, 0.25) is 0 Å². The van der Waals surface area contributed by atoms with Gasteiger partial charge < -0.3 is 9.32 Å². The maximum atomic E-state index is 13.3. The van der Waals surface area contributed by atoms with Gasteiger partial charge in [-0.05, 0) is 29.3 Å². The molecule has 4 aromatic rings. The summed E-state index contributed by atoms with van der Waals surface area (Å²) in [7, 11) is 0. The van der Waals surface area contributed by atoms with Crippen molar-refractivity contribution in [3.8, 4) is 22.6 Å². The number of aromatic nitrogens is 2. The minimum absolute atomic E-state index is 0.0792. The number of hydrogen-bond acceptors (Lipinski definition) is 4. The molecule has 1 amide bonds. The molecular formula is C24H15F4N3O2. The van der Waals surface area contributed by atoms with Gasteiger partial charge in [0.05, 0.1) is 12.2 Å². The van der Waals surface area contributed by atoms with Crippen molar-refractivity contribution in [3.05, 3.63) is 89.3 Å². The molecule has 5 nitrogen and oxygen atoms in total. The van der Waals surface area contributed by atoms with E-state index in [1.165, 1.54) is 12.1 Å². The van der Waals surface area contributed by atoms with E-state index in [1.54, 1.807) is 47.4 Å². The molecule has 0 atom stereocenters. The van der Waals surface area contributed by atoms with E-state index in [0.29, 0.717) is 28.9 Å². The van der Waals surface area contributed by atoms with Crippen LogP contribution in [0.25, 0.3) is 22.6 Å². The Balaban J connectivity index is 1.48. The molecule has 0 unspecified atom stereocenters. The number of fused-ring (bicyclic) bond motifs is 1. The molecule has 2 heterocycles. The van der Waals surface area contributed by atoms with Crippen LogP contribution in [-0.4, -0.2) is 16.1 Å². The minimum atomic E-state index is -2.89. The van der Waals surface area contributed by atoms with Gasteiger partial charge in [0.1, 0.15) is 0 Å². The number of hydrogen-bond donors (Lipinski definition) is 0. The maximum Gasteiger partial charge on any atom is 0.314 e. The van der Waals surface area contributed by atoms with Gasteiger partial charge in [0.25, 0.3) is 18.2 Å². The molecule has 1 aromatic heterocycles. The highest BCUT2D eigenvalue weighted by Gasteiger charge is 2.31. The molecule has 3 aromatic carbocycles. The molecule has 33 heavy (non-hydrogen) atoms. The first kappa shape index (κ1) is 20.9. The smallest absolute Gasteiger partial charge is 0.314 e. The Morgan fingerprint density at radius 1 is 0.818 bits per heavy atom. The Hall–Kier alpha value is -4.01. The summed E-state index contributed by atoms with van der Waals surface area (Å²) in [5, 5.41) is 6.95. The molecular weight excluding hydrogens is 438 g/mol. The van der Waals surface area contributed by atoms with Gasteiger partial charge in [-0.25, -0.2) is 8.78 Å². The van der Waals surface area contributed by atoms with E-state index in [9.17, 15) is 22.4 Å². The largest absolute Gasteiger partial charge is 0.415 e. The van der Waals surface area contributed by atoms with Crippen LogP contribution in [0.4, 0.5) is 23.2 Å². The Morgan fingerprint density at radius 2 is 1.55 bits per heavy atom. The number of anilines is 1.